The zero-order valence-electron chi connectivity index (χ0n) is 12.2. The van der Waals surface area contributed by atoms with Crippen LogP contribution in [0.5, 0.6) is 0 Å². The van der Waals surface area contributed by atoms with E-state index >= 15 is 0 Å². The van der Waals surface area contributed by atoms with Gasteiger partial charge in [0.05, 0.1) is 0 Å². The predicted octanol–water partition coefficient (Wildman–Crippen LogP) is 4.44. The van der Waals surface area contributed by atoms with Gasteiger partial charge in [-0.25, -0.2) is 0 Å². The van der Waals surface area contributed by atoms with Crippen LogP contribution in [0.25, 0.3) is 0 Å². The maximum absolute atomic E-state index is 3.79. The summed E-state index contributed by atoms with van der Waals surface area (Å²) in [6, 6.07) is 9.72. The quantitative estimate of drug-likeness (QED) is 0.844. The predicted molar refractivity (Wildman–Crippen MR) is 81.1 cm³/mol. The van der Waals surface area contributed by atoms with Crippen LogP contribution in [-0.4, -0.2) is 6.04 Å². The minimum atomic E-state index is 0.764. The number of hydrogen-bond acceptors (Lipinski definition) is 1. The fourth-order valence-electron chi connectivity index (χ4n) is 4.03. The molecule has 1 nitrogen and oxygen atoms in total. The van der Waals surface area contributed by atoms with Crippen molar-refractivity contribution < 1.29 is 0 Å². The molecule has 0 radical (unpaired) electrons. The molecule has 2 saturated carbocycles. The van der Waals surface area contributed by atoms with E-state index in [2.05, 4.69) is 36.5 Å². The zero-order chi connectivity index (χ0) is 13.1. The third-order valence-corrected chi connectivity index (χ3v) is 5.26. The summed E-state index contributed by atoms with van der Waals surface area (Å²) >= 11 is 0. The van der Waals surface area contributed by atoms with Crippen molar-refractivity contribution in [3.8, 4) is 0 Å². The first kappa shape index (κ1) is 13.2. The molecule has 2 aliphatic rings. The summed E-state index contributed by atoms with van der Waals surface area (Å²) in [5, 5.41) is 3.79. The van der Waals surface area contributed by atoms with Crippen molar-refractivity contribution in [2.45, 2.75) is 64.5 Å². The lowest BCUT2D eigenvalue weighted by molar-refractivity contribution is 0.143. The van der Waals surface area contributed by atoms with E-state index in [1.807, 2.05) is 0 Å². The molecule has 0 aromatic heterocycles. The molecule has 0 amide bonds. The van der Waals surface area contributed by atoms with Gasteiger partial charge in [-0.2, -0.15) is 0 Å². The maximum atomic E-state index is 3.79. The van der Waals surface area contributed by atoms with E-state index in [0.29, 0.717) is 0 Å². The van der Waals surface area contributed by atoms with Crippen LogP contribution in [0.3, 0.4) is 0 Å². The molecular formula is C18H27N. The zero-order valence-corrected chi connectivity index (χ0v) is 12.2. The highest BCUT2D eigenvalue weighted by Crippen LogP contribution is 2.40. The van der Waals surface area contributed by atoms with Gasteiger partial charge in [-0.15, -0.1) is 0 Å². The molecule has 3 rings (SSSR count). The van der Waals surface area contributed by atoms with E-state index in [4.69, 9.17) is 0 Å². The molecule has 1 aromatic rings. The maximum Gasteiger partial charge on any atom is 0.0208 e. The van der Waals surface area contributed by atoms with Gasteiger partial charge in [0, 0.05) is 12.6 Å². The van der Waals surface area contributed by atoms with Crippen molar-refractivity contribution in [1.82, 2.24) is 5.32 Å². The highest BCUT2D eigenvalue weighted by Gasteiger charge is 2.31. The smallest absolute Gasteiger partial charge is 0.0208 e. The number of fused-ring (bicyclic) bond motifs is 1. The average molecular weight is 257 g/mol. The summed E-state index contributed by atoms with van der Waals surface area (Å²) in [6.45, 7) is 3.20. The van der Waals surface area contributed by atoms with Crippen LogP contribution in [0.1, 0.15) is 56.1 Å². The molecule has 3 unspecified atom stereocenters. The van der Waals surface area contributed by atoms with Gasteiger partial charge >= 0.3 is 0 Å². The van der Waals surface area contributed by atoms with Crippen molar-refractivity contribution in [1.29, 1.82) is 0 Å². The van der Waals surface area contributed by atoms with Gasteiger partial charge in [0.15, 0.2) is 0 Å². The minimum Gasteiger partial charge on any atom is -0.310 e. The Balaban J connectivity index is 1.49. The topological polar surface area (TPSA) is 12.0 Å². The number of rotatable bonds is 3. The summed E-state index contributed by atoms with van der Waals surface area (Å²) in [6.07, 6.45) is 10.3. The SMILES string of the molecule is Cc1ccc(CNC2CCC3CCCCC3C2)cc1. The second-order valence-electron chi connectivity index (χ2n) is 6.68. The lowest BCUT2D eigenvalue weighted by Crippen LogP contribution is -2.38. The van der Waals surface area contributed by atoms with Gasteiger partial charge in [-0.05, 0) is 43.6 Å². The first-order chi connectivity index (χ1) is 9.31. The third kappa shape index (κ3) is 3.39. The first-order valence-electron chi connectivity index (χ1n) is 8.10. The molecule has 0 aliphatic heterocycles. The van der Waals surface area contributed by atoms with E-state index in [-0.39, 0.29) is 0 Å². The Morgan fingerprint density at radius 3 is 2.47 bits per heavy atom. The summed E-state index contributed by atoms with van der Waals surface area (Å²) in [4.78, 5) is 0. The first-order valence-corrected chi connectivity index (χ1v) is 8.10. The normalized spacial score (nSPS) is 30.9. The molecule has 19 heavy (non-hydrogen) atoms. The minimum absolute atomic E-state index is 0.764. The monoisotopic (exact) mass is 257 g/mol. The van der Waals surface area contributed by atoms with Crippen molar-refractivity contribution in [3.05, 3.63) is 35.4 Å². The van der Waals surface area contributed by atoms with Gasteiger partial charge in [0.25, 0.3) is 0 Å². The van der Waals surface area contributed by atoms with E-state index in [1.165, 1.54) is 56.1 Å². The standard InChI is InChI=1S/C18H27N/c1-14-6-8-15(9-7-14)13-19-18-11-10-16-4-2-3-5-17(16)12-18/h6-9,16-19H,2-5,10-13H2,1H3. The summed E-state index contributed by atoms with van der Waals surface area (Å²) < 4.78 is 0. The van der Waals surface area contributed by atoms with Crippen LogP contribution in [-0.2, 0) is 6.54 Å². The Kier molecular flexibility index (Phi) is 4.22. The number of benzene rings is 1. The Hall–Kier alpha value is -0.820. The average Bonchev–Trinajstić information content (AvgIpc) is 2.46. The van der Waals surface area contributed by atoms with Crippen molar-refractivity contribution in [2.75, 3.05) is 0 Å². The molecule has 0 heterocycles. The second kappa shape index (κ2) is 6.09. The summed E-state index contributed by atoms with van der Waals surface area (Å²) in [5.74, 6) is 2.09. The molecule has 104 valence electrons. The van der Waals surface area contributed by atoms with Crippen molar-refractivity contribution >= 4 is 0 Å². The molecule has 2 fully saturated rings. The van der Waals surface area contributed by atoms with E-state index < -0.39 is 0 Å². The third-order valence-electron chi connectivity index (χ3n) is 5.26. The molecule has 0 saturated heterocycles. The number of hydrogen-bond donors (Lipinski definition) is 1. The largest absolute Gasteiger partial charge is 0.310 e. The lowest BCUT2D eigenvalue weighted by Gasteiger charge is -2.39. The lowest BCUT2D eigenvalue weighted by atomic mass is 9.69. The Morgan fingerprint density at radius 1 is 0.947 bits per heavy atom. The van der Waals surface area contributed by atoms with E-state index in [1.54, 1.807) is 0 Å². The number of aryl methyl sites for hydroxylation is 1. The molecule has 2 aliphatic carbocycles. The molecule has 0 spiro atoms. The Labute approximate surface area is 117 Å². The van der Waals surface area contributed by atoms with Crippen molar-refractivity contribution in [2.24, 2.45) is 11.8 Å². The molecule has 1 N–H and O–H groups in total. The van der Waals surface area contributed by atoms with Gasteiger partial charge in [0.1, 0.15) is 0 Å². The summed E-state index contributed by atoms with van der Waals surface area (Å²) in [5.41, 5.74) is 2.78. The van der Waals surface area contributed by atoms with Gasteiger partial charge in [-0.1, -0.05) is 55.5 Å². The number of nitrogens with one attached hydrogen (secondary N) is 1. The fourth-order valence-corrected chi connectivity index (χ4v) is 4.03. The van der Waals surface area contributed by atoms with Gasteiger partial charge < -0.3 is 5.32 Å². The highest BCUT2D eigenvalue weighted by atomic mass is 14.9. The fraction of sp³-hybridized carbons (Fsp3) is 0.667. The van der Waals surface area contributed by atoms with Crippen LogP contribution in [0.15, 0.2) is 24.3 Å². The molecule has 1 aromatic carbocycles. The van der Waals surface area contributed by atoms with E-state index in [0.717, 1.165) is 24.4 Å². The Bertz CT molecular complexity index is 395. The van der Waals surface area contributed by atoms with Crippen LogP contribution in [0, 0.1) is 18.8 Å². The highest BCUT2D eigenvalue weighted by molar-refractivity contribution is 5.21. The Morgan fingerprint density at radius 2 is 1.68 bits per heavy atom. The van der Waals surface area contributed by atoms with Crippen LogP contribution in [0.2, 0.25) is 0 Å². The van der Waals surface area contributed by atoms with Crippen LogP contribution in [0.4, 0.5) is 0 Å². The molecule has 1 heteroatoms. The summed E-state index contributed by atoms with van der Waals surface area (Å²) in [7, 11) is 0. The van der Waals surface area contributed by atoms with Crippen molar-refractivity contribution in [3.63, 3.8) is 0 Å². The molecular weight excluding hydrogens is 230 g/mol. The molecule has 3 atom stereocenters. The van der Waals surface area contributed by atoms with Crippen LogP contribution < -0.4 is 5.32 Å². The van der Waals surface area contributed by atoms with E-state index in [9.17, 15) is 0 Å². The van der Waals surface area contributed by atoms with Gasteiger partial charge in [-0.3, -0.25) is 0 Å². The second-order valence-corrected chi connectivity index (χ2v) is 6.68. The molecule has 0 bridgehead atoms. The van der Waals surface area contributed by atoms with Gasteiger partial charge in [0.2, 0.25) is 0 Å². The van der Waals surface area contributed by atoms with Crippen LogP contribution >= 0.6 is 0 Å².